The van der Waals surface area contributed by atoms with Gasteiger partial charge in [-0.25, -0.2) is 0 Å². The van der Waals surface area contributed by atoms with Crippen molar-refractivity contribution in [1.82, 2.24) is 4.98 Å². The van der Waals surface area contributed by atoms with E-state index in [1.165, 1.54) is 44.2 Å². The SMILES string of the molecule is Cc1cc(C23CC4CC(CC(C4)C2)C3)ccn1. The van der Waals surface area contributed by atoms with Crippen LogP contribution in [0, 0.1) is 24.7 Å². The fraction of sp³-hybridized carbons (Fsp3) is 0.688. The predicted molar refractivity (Wildman–Crippen MR) is 68.8 cm³/mol. The van der Waals surface area contributed by atoms with Crippen molar-refractivity contribution in [1.29, 1.82) is 0 Å². The molecule has 0 atom stereocenters. The van der Waals surface area contributed by atoms with Crippen LogP contribution in [0.3, 0.4) is 0 Å². The van der Waals surface area contributed by atoms with E-state index in [1.54, 1.807) is 5.56 Å². The molecule has 1 aromatic rings. The minimum absolute atomic E-state index is 0.544. The van der Waals surface area contributed by atoms with Crippen molar-refractivity contribution < 1.29 is 0 Å². The zero-order valence-corrected chi connectivity index (χ0v) is 10.7. The third-order valence-electron chi connectivity index (χ3n) is 5.55. The highest BCUT2D eigenvalue weighted by Crippen LogP contribution is 2.60. The van der Waals surface area contributed by atoms with Crippen molar-refractivity contribution in [2.45, 2.75) is 50.9 Å². The van der Waals surface area contributed by atoms with Crippen molar-refractivity contribution in [2.24, 2.45) is 17.8 Å². The molecule has 0 amide bonds. The summed E-state index contributed by atoms with van der Waals surface area (Å²) in [5, 5.41) is 0. The minimum atomic E-state index is 0.544. The molecule has 4 aliphatic rings. The van der Waals surface area contributed by atoms with Gasteiger partial charge >= 0.3 is 0 Å². The third-order valence-corrected chi connectivity index (χ3v) is 5.55. The lowest BCUT2D eigenvalue weighted by Crippen LogP contribution is -2.48. The van der Waals surface area contributed by atoms with Crippen LogP contribution in [-0.4, -0.2) is 4.98 Å². The summed E-state index contributed by atoms with van der Waals surface area (Å²) in [6.07, 6.45) is 11.0. The van der Waals surface area contributed by atoms with E-state index in [0.29, 0.717) is 5.41 Å². The van der Waals surface area contributed by atoms with E-state index >= 15 is 0 Å². The van der Waals surface area contributed by atoms with Crippen molar-refractivity contribution in [3.8, 4) is 0 Å². The number of pyridine rings is 1. The summed E-state index contributed by atoms with van der Waals surface area (Å²) >= 11 is 0. The molecule has 0 spiro atoms. The first-order valence-electron chi connectivity index (χ1n) is 7.17. The molecule has 0 aromatic carbocycles. The zero-order valence-electron chi connectivity index (χ0n) is 10.7. The Morgan fingerprint density at radius 2 is 1.65 bits per heavy atom. The normalized spacial score (nSPS) is 43.0. The fourth-order valence-corrected chi connectivity index (χ4v) is 5.34. The van der Waals surface area contributed by atoms with Crippen LogP contribution >= 0.6 is 0 Å². The molecule has 1 aromatic heterocycles. The van der Waals surface area contributed by atoms with Gasteiger partial charge in [-0.2, -0.15) is 0 Å². The Labute approximate surface area is 104 Å². The van der Waals surface area contributed by atoms with Gasteiger partial charge in [-0.15, -0.1) is 0 Å². The summed E-state index contributed by atoms with van der Waals surface area (Å²) in [6.45, 7) is 2.13. The molecule has 1 nitrogen and oxygen atoms in total. The second-order valence-corrected chi connectivity index (χ2v) is 6.88. The maximum absolute atomic E-state index is 4.37. The molecule has 1 heteroatoms. The molecule has 4 fully saturated rings. The van der Waals surface area contributed by atoms with E-state index in [0.717, 1.165) is 17.8 Å². The molecule has 0 unspecified atom stereocenters. The maximum Gasteiger partial charge on any atom is 0.0375 e. The van der Waals surface area contributed by atoms with Gasteiger partial charge in [0, 0.05) is 11.9 Å². The Kier molecular flexibility index (Phi) is 1.98. The average molecular weight is 227 g/mol. The van der Waals surface area contributed by atoms with Crippen LogP contribution in [0.4, 0.5) is 0 Å². The second-order valence-electron chi connectivity index (χ2n) is 6.88. The number of aryl methyl sites for hydroxylation is 1. The molecular formula is C16H21N. The molecule has 0 N–H and O–H groups in total. The quantitative estimate of drug-likeness (QED) is 0.710. The lowest BCUT2D eigenvalue weighted by Gasteiger charge is -2.57. The van der Waals surface area contributed by atoms with Gasteiger partial charge in [0.2, 0.25) is 0 Å². The summed E-state index contributed by atoms with van der Waals surface area (Å²) in [5.41, 5.74) is 3.34. The van der Waals surface area contributed by atoms with Gasteiger partial charge in [-0.1, -0.05) is 0 Å². The number of hydrogen-bond acceptors (Lipinski definition) is 1. The molecule has 4 aliphatic carbocycles. The van der Waals surface area contributed by atoms with Gasteiger partial charge in [0.05, 0.1) is 0 Å². The maximum atomic E-state index is 4.37. The minimum Gasteiger partial charge on any atom is -0.262 e. The monoisotopic (exact) mass is 227 g/mol. The van der Waals surface area contributed by atoms with Gasteiger partial charge in [-0.3, -0.25) is 4.98 Å². The lowest BCUT2D eigenvalue weighted by atomic mass is 9.48. The summed E-state index contributed by atoms with van der Waals surface area (Å²) in [5.74, 6) is 3.11. The Balaban J connectivity index is 1.77. The highest BCUT2D eigenvalue weighted by atomic mass is 14.7. The Morgan fingerprint density at radius 1 is 1.06 bits per heavy atom. The molecule has 0 radical (unpaired) electrons. The molecule has 5 rings (SSSR count). The van der Waals surface area contributed by atoms with E-state index in [-0.39, 0.29) is 0 Å². The third kappa shape index (κ3) is 1.47. The number of rotatable bonds is 1. The second kappa shape index (κ2) is 3.34. The number of nitrogens with zero attached hydrogens (tertiary/aromatic N) is 1. The molecule has 4 saturated carbocycles. The molecule has 0 saturated heterocycles. The Hall–Kier alpha value is -0.850. The average Bonchev–Trinajstić information content (AvgIpc) is 2.27. The van der Waals surface area contributed by atoms with E-state index in [4.69, 9.17) is 0 Å². The first-order chi connectivity index (χ1) is 8.23. The van der Waals surface area contributed by atoms with Gasteiger partial charge in [0.25, 0.3) is 0 Å². The summed E-state index contributed by atoms with van der Waals surface area (Å²) in [7, 11) is 0. The summed E-state index contributed by atoms with van der Waals surface area (Å²) in [6, 6.07) is 4.65. The smallest absolute Gasteiger partial charge is 0.0375 e. The van der Waals surface area contributed by atoms with Crippen LogP contribution < -0.4 is 0 Å². The molecule has 4 bridgehead atoms. The zero-order chi connectivity index (χ0) is 11.5. The van der Waals surface area contributed by atoms with Crippen LogP contribution in [0.5, 0.6) is 0 Å². The van der Waals surface area contributed by atoms with E-state index in [1.807, 2.05) is 6.20 Å². The number of aromatic nitrogens is 1. The van der Waals surface area contributed by atoms with Crippen molar-refractivity contribution >= 4 is 0 Å². The molecule has 1 heterocycles. The molecule has 17 heavy (non-hydrogen) atoms. The molecular weight excluding hydrogens is 206 g/mol. The summed E-state index contributed by atoms with van der Waals surface area (Å²) < 4.78 is 0. The van der Waals surface area contributed by atoms with Gasteiger partial charge in [-0.05, 0) is 86.3 Å². The van der Waals surface area contributed by atoms with Crippen molar-refractivity contribution in [2.75, 3.05) is 0 Å². The van der Waals surface area contributed by atoms with Crippen LogP contribution in [0.2, 0.25) is 0 Å². The highest BCUT2D eigenvalue weighted by Gasteiger charge is 2.51. The molecule has 0 aliphatic heterocycles. The van der Waals surface area contributed by atoms with Crippen LogP contribution in [0.15, 0.2) is 18.3 Å². The molecule has 90 valence electrons. The van der Waals surface area contributed by atoms with Gasteiger partial charge in [0.15, 0.2) is 0 Å². The van der Waals surface area contributed by atoms with E-state index in [2.05, 4.69) is 24.0 Å². The van der Waals surface area contributed by atoms with Gasteiger partial charge in [0.1, 0.15) is 0 Å². The Morgan fingerprint density at radius 3 is 2.18 bits per heavy atom. The lowest BCUT2D eigenvalue weighted by molar-refractivity contribution is -0.00525. The number of hydrogen-bond donors (Lipinski definition) is 0. The van der Waals surface area contributed by atoms with Gasteiger partial charge < -0.3 is 0 Å². The first-order valence-corrected chi connectivity index (χ1v) is 7.17. The Bertz CT molecular complexity index is 413. The van der Waals surface area contributed by atoms with Crippen LogP contribution in [-0.2, 0) is 5.41 Å². The van der Waals surface area contributed by atoms with Crippen molar-refractivity contribution in [3.05, 3.63) is 29.6 Å². The predicted octanol–water partition coefficient (Wildman–Crippen LogP) is 3.86. The topological polar surface area (TPSA) is 12.9 Å². The van der Waals surface area contributed by atoms with E-state index in [9.17, 15) is 0 Å². The highest BCUT2D eigenvalue weighted by molar-refractivity contribution is 5.29. The fourth-order valence-electron chi connectivity index (χ4n) is 5.34. The largest absolute Gasteiger partial charge is 0.262 e. The summed E-state index contributed by atoms with van der Waals surface area (Å²) in [4.78, 5) is 4.37. The first kappa shape index (κ1) is 10.1. The standard InChI is InChI=1S/C16H21N/c1-11-4-15(2-3-17-11)16-8-12-5-13(9-16)7-14(6-12)10-16/h2-4,12-14H,5-10H2,1H3. The van der Waals surface area contributed by atoms with Crippen LogP contribution in [0.1, 0.15) is 49.8 Å². The van der Waals surface area contributed by atoms with Crippen molar-refractivity contribution in [3.63, 3.8) is 0 Å². The van der Waals surface area contributed by atoms with Crippen LogP contribution in [0.25, 0.3) is 0 Å². The van der Waals surface area contributed by atoms with E-state index < -0.39 is 0 Å².